The standard InChI is InChI=1S/C16H20N4/c1-3-12(2)20-10-7-13(18-20)11-19-9-8-14-15(17)5-4-6-16(14)19/h4-10,12H,3,11,17H2,1-2H3. The van der Waals surface area contributed by atoms with E-state index in [9.17, 15) is 0 Å². The van der Waals surface area contributed by atoms with E-state index in [0.29, 0.717) is 6.04 Å². The molecule has 104 valence electrons. The third kappa shape index (κ3) is 2.18. The molecule has 0 bridgehead atoms. The number of aromatic nitrogens is 3. The lowest BCUT2D eigenvalue weighted by Gasteiger charge is -2.08. The molecule has 0 saturated carbocycles. The first-order chi connectivity index (χ1) is 9.69. The van der Waals surface area contributed by atoms with Crippen molar-refractivity contribution in [3.63, 3.8) is 0 Å². The summed E-state index contributed by atoms with van der Waals surface area (Å²) in [7, 11) is 0. The lowest BCUT2D eigenvalue weighted by Crippen LogP contribution is -2.06. The van der Waals surface area contributed by atoms with Crippen molar-refractivity contribution in [2.45, 2.75) is 32.9 Å². The van der Waals surface area contributed by atoms with E-state index >= 15 is 0 Å². The molecule has 20 heavy (non-hydrogen) atoms. The van der Waals surface area contributed by atoms with Crippen LogP contribution in [0.3, 0.4) is 0 Å². The van der Waals surface area contributed by atoms with Gasteiger partial charge in [0.1, 0.15) is 0 Å². The van der Waals surface area contributed by atoms with Crippen LogP contribution in [0.25, 0.3) is 10.9 Å². The van der Waals surface area contributed by atoms with Crippen LogP contribution >= 0.6 is 0 Å². The average molecular weight is 268 g/mol. The maximum absolute atomic E-state index is 5.99. The molecule has 0 aliphatic rings. The minimum absolute atomic E-state index is 0.445. The Morgan fingerprint density at radius 2 is 2.05 bits per heavy atom. The quantitative estimate of drug-likeness (QED) is 0.737. The SMILES string of the molecule is CCC(C)n1ccc(Cn2ccc3c(N)cccc32)n1. The molecule has 1 atom stereocenters. The van der Waals surface area contributed by atoms with E-state index in [0.717, 1.165) is 35.2 Å². The number of benzene rings is 1. The van der Waals surface area contributed by atoms with Crippen LogP contribution in [0.2, 0.25) is 0 Å². The van der Waals surface area contributed by atoms with Crippen LogP contribution in [0.15, 0.2) is 42.7 Å². The van der Waals surface area contributed by atoms with Gasteiger partial charge in [0.25, 0.3) is 0 Å². The van der Waals surface area contributed by atoms with Gasteiger partial charge in [0, 0.05) is 29.5 Å². The summed E-state index contributed by atoms with van der Waals surface area (Å²) in [5.41, 5.74) is 9.05. The van der Waals surface area contributed by atoms with Crippen molar-refractivity contribution in [3.05, 3.63) is 48.4 Å². The van der Waals surface area contributed by atoms with E-state index < -0.39 is 0 Å². The Labute approximate surface area is 118 Å². The normalized spacial score (nSPS) is 12.9. The van der Waals surface area contributed by atoms with Crippen molar-refractivity contribution in [1.29, 1.82) is 0 Å². The summed E-state index contributed by atoms with van der Waals surface area (Å²) in [6.07, 6.45) is 5.22. The summed E-state index contributed by atoms with van der Waals surface area (Å²) >= 11 is 0. The zero-order valence-corrected chi connectivity index (χ0v) is 12.0. The van der Waals surface area contributed by atoms with Crippen molar-refractivity contribution in [1.82, 2.24) is 14.3 Å². The van der Waals surface area contributed by atoms with Gasteiger partial charge in [-0.25, -0.2) is 0 Å². The molecule has 1 unspecified atom stereocenters. The van der Waals surface area contributed by atoms with E-state index in [-0.39, 0.29) is 0 Å². The Morgan fingerprint density at radius 1 is 1.20 bits per heavy atom. The highest BCUT2D eigenvalue weighted by molar-refractivity contribution is 5.91. The van der Waals surface area contributed by atoms with Gasteiger partial charge in [-0.15, -0.1) is 0 Å². The number of nitrogens with two attached hydrogens (primary N) is 1. The van der Waals surface area contributed by atoms with Gasteiger partial charge in [0.15, 0.2) is 0 Å². The van der Waals surface area contributed by atoms with E-state index in [2.05, 4.69) is 54.1 Å². The molecule has 3 aromatic rings. The van der Waals surface area contributed by atoms with Gasteiger partial charge in [0.05, 0.1) is 17.8 Å². The highest BCUT2D eigenvalue weighted by atomic mass is 15.3. The number of anilines is 1. The first kappa shape index (κ1) is 12.8. The zero-order chi connectivity index (χ0) is 14.1. The van der Waals surface area contributed by atoms with Gasteiger partial charge in [-0.3, -0.25) is 4.68 Å². The van der Waals surface area contributed by atoms with Crippen molar-refractivity contribution in [2.24, 2.45) is 0 Å². The lowest BCUT2D eigenvalue weighted by molar-refractivity contribution is 0.472. The number of hydrogen-bond acceptors (Lipinski definition) is 2. The molecule has 4 nitrogen and oxygen atoms in total. The van der Waals surface area contributed by atoms with Crippen LogP contribution in [-0.4, -0.2) is 14.3 Å². The fraction of sp³-hybridized carbons (Fsp3) is 0.312. The summed E-state index contributed by atoms with van der Waals surface area (Å²) in [6.45, 7) is 5.13. The van der Waals surface area contributed by atoms with Crippen molar-refractivity contribution in [3.8, 4) is 0 Å². The van der Waals surface area contributed by atoms with Crippen LogP contribution in [0.1, 0.15) is 32.0 Å². The van der Waals surface area contributed by atoms with E-state index in [4.69, 9.17) is 5.73 Å². The van der Waals surface area contributed by atoms with Gasteiger partial charge in [-0.1, -0.05) is 13.0 Å². The van der Waals surface area contributed by atoms with Gasteiger partial charge < -0.3 is 10.3 Å². The molecule has 3 rings (SSSR count). The number of rotatable bonds is 4. The van der Waals surface area contributed by atoms with Gasteiger partial charge >= 0.3 is 0 Å². The first-order valence-corrected chi connectivity index (χ1v) is 7.06. The molecule has 2 heterocycles. The largest absolute Gasteiger partial charge is 0.398 e. The molecule has 0 spiro atoms. The highest BCUT2D eigenvalue weighted by Crippen LogP contribution is 2.22. The van der Waals surface area contributed by atoms with E-state index in [1.54, 1.807) is 0 Å². The molecule has 0 aliphatic carbocycles. The first-order valence-electron chi connectivity index (χ1n) is 7.06. The van der Waals surface area contributed by atoms with Crippen LogP contribution in [-0.2, 0) is 6.54 Å². The smallest absolute Gasteiger partial charge is 0.0821 e. The Morgan fingerprint density at radius 3 is 2.85 bits per heavy atom. The predicted octanol–water partition coefficient (Wildman–Crippen LogP) is 3.44. The van der Waals surface area contributed by atoms with Gasteiger partial charge in [-0.05, 0) is 37.6 Å². The minimum Gasteiger partial charge on any atom is -0.398 e. The lowest BCUT2D eigenvalue weighted by atomic mass is 10.2. The summed E-state index contributed by atoms with van der Waals surface area (Å²) in [5.74, 6) is 0. The zero-order valence-electron chi connectivity index (χ0n) is 12.0. The molecule has 0 amide bonds. The molecular weight excluding hydrogens is 248 g/mol. The van der Waals surface area contributed by atoms with E-state index in [1.807, 2.05) is 16.8 Å². The Hall–Kier alpha value is -2.23. The highest BCUT2D eigenvalue weighted by Gasteiger charge is 2.07. The fourth-order valence-corrected chi connectivity index (χ4v) is 2.45. The topological polar surface area (TPSA) is 48.8 Å². The van der Waals surface area contributed by atoms with Crippen molar-refractivity contribution < 1.29 is 0 Å². The van der Waals surface area contributed by atoms with E-state index in [1.165, 1.54) is 0 Å². The summed E-state index contributed by atoms with van der Waals surface area (Å²) in [4.78, 5) is 0. The van der Waals surface area contributed by atoms with Crippen LogP contribution in [0, 0.1) is 0 Å². The molecule has 2 N–H and O–H groups in total. The van der Waals surface area contributed by atoms with Crippen LogP contribution < -0.4 is 5.73 Å². The Kier molecular flexibility index (Phi) is 3.22. The molecule has 0 fully saturated rings. The van der Waals surface area contributed by atoms with Gasteiger partial charge in [-0.2, -0.15) is 5.10 Å². The summed E-state index contributed by atoms with van der Waals surface area (Å²) < 4.78 is 4.23. The summed E-state index contributed by atoms with van der Waals surface area (Å²) in [5, 5.41) is 5.76. The second-order valence-corrected chi connectivity index (χ2v) is 5.27. The third-order valence-electron chi connectivity index (χ3n) is 3.89. The van der Waals surface area contributed by atoms with Crippen molar-refractivity contribution in [2.75, 3.05) is 5.73 Å². The molecule has 0 radical (unpaired) electrons. The predicted molar refractivity (Wildman–Crippen MR) is 82.7 cm³/mol. The molecule has 0 saturated heterocycles. The molecule has 2 aromatic heterocycles. The number of fused-ring (bicyclic) bond motifs is 1. The number of nitrogens with zero attached hydrogens (tertiary/aromatic N) is 3. The Bertz CT molecular complexity index is 723. The average Bonchev–Trinajstić information content (AvgIpc) is 3.07. The van der Waals surface area contributed by atoms with Crippen LogP contribution in [0.4, 0.5) is 5.69 Å². The molecule has 4 heteroatoms. The fourth-order valence-electron chi connectivity index (χ4n) is 2.45. The van der Waals surface area contributed by atoms with Crippen molar-refractivity contribution >= 4 is 16.6 Å². The summed E-state index contributed by atoms with van der Waals surface area (Å²) in [6, 6.07) is 10.6. The Balaban J connectivity index is 1.90. The van der Waals surface area contributed by atoms with Crippen LogP contribution in [0.5, 0.6) is 0 Å². The molecule has 0 aliphatic heterocycles. The third-order valence-corrected chi connectivity index (χ3v) is 3.89. The number of hydrogen-bond donors (Lipinski definition) is 1. The maximum atomic E-state index is 5.99. The molecular formula is C16H20N4. The molecule has 1 aromatic carbocycles. The maximum Gasteiger partial charge on any atom is 0.0821 e. The van der Waals surface area contributed by atoms with Gasteiger partial charge in [0.2, 0.25) is 0 Å². The number of nitrogen functional groups attached to an aromatic ring is 1. The second kappa shape index (κ2) is 5.04. The second-order valence-electron chi connectivity index (χ2n) is 5.27. The monoisotopic (exact) mass is 268 g/mol. The minimum atomic E-state index is 0.445.